The number of ether oxygens (including phenoxy) is 1. The number of imide groups is 1. The van der Waals surface area contributed by atoms with E-state index in [2.05, 4.69) is 15.8 Å². The van der Waals surface area contributed by atoms with Gasteiger partial charge in [0.1, 0.15) is 11.7 Å². The lowest BCUT2D eigenvalue weighted by atomic mass is 9.68. The predicted molar refractivity (Wildman–Crippen MR) is 123 cm³/mol. The number of fused-ring (bicyclic) bond motifs is 4. The number of hydrogen-bond acceptors (Lipinski definition) is 8. The lowest BCUT2D eigenvalue weighted by Crippen LogP contribution is -2.68. The van der Waals surface area contributed by atoms with Crippen LogP contribution in [0.3, 0.4) is 0 Å². The summed E-state index contributed by atoms with van der Waals surface area (Å²) in [6, 6.07) is 0.180. The molecule has 4 atom stereocenters. The van der Waals surface area contributed by atoms with E-state index in [1.807, 2.05) is 25.8 Å². The number of hydrogen-bond donors (Lipinski definition) is 2. The number of benzene rings is 1. The van der Waals surface area contributed by atoms with Gasteiger partial charge in [-0.15, -0.1) is 0 Å². The molecule has 34 heavy (non-hydrogen) atoms. The van der Waals surface area contributed by atoms with Crippen LogP contribution in [-0.2, 0) is 20.7 Å². The van der Waals surface area contributed by atoms with Gasteiger partial charge in [-0.1, -0.05) is 12.1 Å². The SMILES string of the molecule is CCCN(C)c1noc2c(F)c3c(cc12)CC(C=O)(C(=O)NC(=O)NC)[C@H]1[C@H](C)O[C@H](C)CN31. The Kier molecular flexibility index (Phi) is 6.24. The zero-order valence-electron chi connectivity index (χ0n) is 20.0. The molecule has 2 aliphatic heterocycles. The molecule has 1 fully saturated rings. The molecule has 0 saturated carbocycles. The summed E-state index contributed by atoms with van der Waals surface area (Å²) in [5.41, 5.74) is -0.913. The van der Waals surface area contributed by atoms with Crippen LogP contribution in [0.2, 0.25) is 0 Å². The monoisotopic (exact) mass is 475 g/mol. The molecule has 10 nitrogen and oxygen atoms in total. The van der Waals surface area contributed by atoms with Gasteiger partial charge < -0.3 is 29.2 Å². The number of rotatable bonds is 5. The number of amides is 3. The summed E-state index contributed by atoms with van der Waals surface area (Å²) in [6.07, 6.45) is 0.444. The molecule has 0 bridgehead atoms. The number of aldehydes is 1. The molecule has 2 aromatic rings. The fourth-order valence-electron chi connectivity index (χ4n) is 5.37. The number of nitrogens with one attached hydrogen (secondary N) is 2. The fourth-order valence-corrected chi connectivity index (χ4v) is 5.37. The molecule has 2 aliphatic rings. The molecular weight excluding hydrogens is 445 g/mol. The summed E-state index contributed by atoms with van der Waals surface area (Å²) in [5, 5.41) is 9.13. The van der Waals surface area contributed by atoms with Crippen molar-refractivity contribution in [1.82, 2.24) is 15.8 Å². The zero-order valence-corrected chi connectivity index (χ0v) is 20.0. The van der Waals surface area contributed by atoms with E-state index in [1.54, 1.807) is 17.9 Å². The van der Waals surface area contributed by atoms with Crippen LogP contribution >= 0.6 is 0 Å². The van der Waals surface area contributed by atoms with Gasteiger partial charge >= 0.3 is 6.03 Å². The van der Waals surface area contributed by atoms with Gasteiger partial charge in [0.2, 0.25) is 11.5 Å². The first-order chi connectivity index (χ1) is 16.2. The van der Waals surface area contributed by atoms with Crippen LogP contribution in [0.5, 0.6) is 0 Å². The third-order valence-electron chi connectivity index (χ3n) is 6.73. The Bertz CT molecular complexity index is 1140. The van der Waals surface area contributed by atoms with Crippen LogP contribution in [0.1, 0.15) is 32.8 Å². The molecular formula is C23H30FN5O5. The smallest absolute Gasteiger partial charge is 0.321 e. The van der Waals surface area contributed by atoms with Gasteiger partial charge in [0.05, 0.1) is 29.3 Å². The highest BCUT2D eigenvalue weighted by Crippen LogP contribution is 2.48. The summed E-state index contributed by atoms with van der Waals surface area (Å²) < 4.78 is 27.3. The molecule has 3 amide bonds. The maximum Gasteiger partial charge on any atom is 0.321 e. The van der Waals surface area contributed by atoms with Crippen molar-refractivity contribution in [2.75, 3.05) is 37.0 Å². The summed E-state index contributed by atoms with van der Waals surface area (Å²) >= 11 is 0. The molecule has 1 saturated heterocycles. The average molecular weight is 476 g/mol. The van der Waals surface area contributed by atoms with E-state index in [0.717, 1.165) is 6.42 Å². The molecule has 184 valence electrons. The van der Waals surface area contributed by atoms with Gasteiger partial charge in [0, 0.05) is 27.2 Å². The Morgan fingerprint density at radius 2 is 2.15 bits per heavy atom. The molecule has 11 heteroatoms. The Labute approximate surface area is 196 Å². The van der Waals surface area contributed by atoms with E-state index in [-0.39, 0.29) is 30.3 Å². The summed E-state index contributed by atoms with van der Waals surface area (Å²) in [5.74, 6) is -0.869. The number of halogens is 1. The molecule has 3 heterocycles. The van der Waals surface area contributed by atoms with Crippen molar-refractivity contribution in [3.05, 3.63) is 17.4 Å². The van der Waals surface area contributed by atoms with E-state index in [0.29, 0.717) is 29.6 Å². The molecule has 4 rings (SSSR count). The quantitative estimate of drug-likeness (QED) is 0.498. The number of morpholine rings is 1. The highest BCUT2D eigenvalue weighted by molar-refractivity contribution is 6.07. The van der Waals surface area contributed by atoms with Crippen LogP contribution in [0, 0.1) is 11.2 Å². The average Bonchev–Trinajstić information content (AvgIpc) is 3.22. The van der Waals surface area contributed by atoms with Gasteiger partial charge in [-0.3, -0.25) is 10.1 Å². The Balaban J connectivity index is 1.93. The molecule has 0 radical (unpaired) electrons. The minimum atomic E-state index is -1.67. The fraction of sp³-hybridized carbons (Fsp3) is 0.565. The van der Waals surface area contributed by atoms with Crippen LogP contribution in [0.25, 0.3) is 11.0 Å². The summed E-state index contributed by atoms with van der Waals surface area (Å²) in [7, 11) is 3.21. The van der Waals surface area contributed by atoms with Gasteiger partial charge in [-0.05, 0) is 38.3 Å². The Hall–Kier alpha value is -3.21. The van der Waals surface area contributed by atoms with Crippen molar-refractivity contribution in [2.24, 2.45) is 5.41 Å². The third kappa shape index (κ3) is 3.58. The number of anilines is 2. The zero-order chi connectivity index (χ0) is 24.8. The topological polar surface area (TPSA) is 117 Å². The van der Waals surface area contributed by atoms with E-state index < -0.39 is 35.3 Å². The number of carbonyl (C=O) groups excluding carboxylic acids is 3. The normalized spacial score (nSPS) is 25.9. The maximum atomic E-state index is 16.0. The minimum Gasteiger partial charge on any atom is -0.372 e. The second-order valence-corrected chi connectivity index (χ2v) is 9.12. The Morgan fingerprint density at radius 3 is 2.79 bits per heavy atom. The van der Waals surface area contributed by atoms with Crippen molar-refractivity contribution >= 4 is 40.7 Å². The molecule has 1 aromatic heterocycles. The van der Waals surface area contributed by atoms with Gasteiger partial charge in [-0.25, -0.2) is 9.18 Å². The Morgan fingerprint density at radius 1 is 1.41 bits per heavy atom. The number of nitrogens with zero attached hydrogens (tertiary/aromatic N) is 3. The number of aromatic nitrogens is 1. The third-order valence-corrected chi connectivity index (χ3v) is 6.73. The lowest BCUT2D eigenvalue weighted by Gasteiger charge is -2.53. The first kappa shape index (κ1) is 23.9. The van der Waals surface area contributed by atoms with Crippen molar-refractivity contribution in [3.63, 3.8) is 0 Å². The van der Waals surface area contributed by atoms with Crippen molar-refractivity contribution in [2.45, 2.75) is 51.9 Å². The van der Waals surface area contributed by atoms with Crippen molar-refractivity contribution in [3.8, 4) is 0 Å². The van der Waals surface area contributed by atoms with E-state index in [9.17, 15) is 14.4 Å². The molecule has 2 N–H and O–H groups in total. The second-order valence-electron chi connectivity index (χ2n) is 9.12. The van der Waals surface area contributed by atoms with E-state index in [4.69, 9.17) is 9.26 Å². The highest BCUT2D eigenvalue weighted by Gasteiger charge is 2.57. The predicted octanol–water partition coefficient (Wildman–Crippen LogP) is 1.99. The van der Waals surface area contributed by atoms with Crippen LogP contribution in [0.15, 0.2) is 10.6 Å². The second kappa shape index (κ2) is 8.86. The van der Waals surface area contributed by atoms with E-state index >= 15 is 4.39 Å². The van der Waals surface area contributed by atoms with Gasteiger partial charge in [-0.2, -0.15) is 0 Å². The van der Waals surface area contributed by atoms with Gasteiger partial charge in [0.15, 0.2) is 11.6 Å². The van der Waals surface area contributed by atoms with Crippen molar-refractivity contribution in [1.29, 1.82) is 0 Å². The molecule has 1 unspecified atom stereocenters. The van der Waals surface area contributed by atoms with Crippen LogP contribution in [-0.4, -0.2) is 68.8 Å². The standard InChI is InChI=1S/C23H30FN5O5/c1-6-7-28(5)20-15-8-14-9-23(11-30,21(31)26-22(32)25-4)19-13(3)33-12(2)10-29(19)17(14)16(24)18(15)34-27-20/h8,11-13,19H,6-7,9-10H2,1-5H3,(H2,25,26,31,32)/t12-,13+,19-,23?/m1/s1. The number of urea groups is 1. The van der Waals surface area contributed by atoms with Crippen molar-refractivity contribution < 1.29 is 28.0 Å². The molecule has 0 aliphatic carbocycles. The lowest BCUT2D eigenvalue weighted by molar-refractivity contribution is -0.144. The number of carbonyl (C=O) groups is 3. The maximum absolute atomic E-state index is 16.0. The first-order valence-electron chi connectivity index (χ1n) is 11.4. The summed E-state index contributed by atoms with van der Waals surface area (Å²) in [6.45, 7) is 6.55. The van der Waals surface area contributed by atoms with Crippen LogP contribution < -0.4 is 20.4 Å². The largest absolute Gasteiger partial charge is 0.372 e. The highest BCUT2D eigenvalue weighted by atomic mass is 19.1. The summed E-state index contributed by atoms with van der Waals surface area (Å²) in [4.78, 5) is 41.5. The van der Waals surface area contributed by atoms with Crippen LogP contribution in [0.4, 0.5) is 20.7 Å². The molecule has 0 spiro atoms. The van der Waals surface area contributed by atoms with E-state index in [1.165, 1.54) is 7.05 Å². The van der Waals surface area contributed by atoms with Gasteiger partial charge in [0.25, 0.3) is 0 Å². The minimum absolute atomic E-state index is 0.0238. The first-order valence-corrected chi connectivity index (χ1v) is 11.4. The molecule has 1 aromatic carbocycles.